The average Bonchev–Trinajstić information content (AvgIpc) is 2.40. The van der Waals surface area contributed by atoms with Gasteiger partial charge in [0, 0.05) is 0 Å². The number of amides is 1. The van der Waals surface area contributed by atoms with Gasteiger partial charge >= 0.3 is 0 Å². The molecule has 0 radical (unpaired) electrons. The molecule has 1 heterocycles. The van der Waals surface area contributed by atoms with Crippen LogP contribution in [-0.4, -0.2) is 29.4 Å². The van der Waals surface area contributed by atoms with Crippen molar-refractivity contribution in [3.8, 4) is 5.75 Å². The van der Waals surface area contributed by atoms with Crippen LogP contribution < -0.4 is 9.64 Å². The molecule has 0 saturated carbocycles. The van der Waals surface area contributed by atoms with Gasteiger partial charge in [-0.3, -0.25) is 14.5 Å². The molecule has 0 aromatic heterocycles. The smallest absolute Gasteiger partial charge is 0.268 e. The quantitative estimate of drug-likeness (QED) is 0.888. The van der Waals surface area contributed by atoms with Gasteiger partial charge in [-0.05, 0) is 31.0 Å². The van der Waals surface area contributed by atoms with Gasteiger partial charge in [0.1, 0.15) is 11.5 Å². The van der Waals surface area contributed by atoms with Crippen molar-refractivity contribution in [3.05, 3.63) is 23.8 Å². The molecule has 1 amide bonds. The third-order valence-corrected chi connectivity index (χ3v) is 3.06. The van der Waals surface area contributed by atoms with Crippen molar-refractivity contribution < 1.29 is 19.4 Å². The summed E-state index contributed by atoms with van der Waals surface area (Å²) < 4.78 is 5.62. The molecule has 0 fully saturated rings. The molecule has 1 N–H and O–H groups in total. The number of benzene rings is 1. The van der Waals surface area contributed by atoms with E-state index in [1.54, 1.807) is 18.2 Å². The van der Waals surface area contributed by atoms with Gasteiger partial charge in [-0.15, -0.1) is 0 Å². The first kappa shape index (κ1) is 13.5. The first-order valence-electron chi connectivity index (χ1n) is 6.28. The molecule has 2 rings (SSSR count). The lowest BCUT2D eigenvalue weighted by atomic mass is 10.1. The predicted octanol–water partition coefficient (Wildman–Crippen LogP) is 1.27. The molecular weight excluding hydrogens is 246 g/mol. The summed E-state index contributed by atoms with van der Waals surface area (Å²) in [4.78, 5) is 25.0. The topological polar surface area (TPSA) is 66.8 Å². The Bertz CT molecular complexity index is 512. The first-order chi connectivity index (χ1) is 9.06. The van der Waals surface area contributed by atoms with Gasteiger partial charge in [0.2, 0.25) is 0 Å². The summed E-state index contributed by atoms with van der Waals surface area (Å²) in [6.45, 7) is 3.22. The van der Waals surface area contributed by atoms with Crippen molar-refractivity contribution in [1.29, 1.82) is 0 Å². The normalized spacial score (nSPS) is 17.9. The number of nitrogens with zero attached hydrogens (tertiary/aromatic N) is 1. The van der Waals surface area contributed by atoms with Crippen LogP contribution in [-0.2, 0) is 16.2 Å². The van der Waals surface area contributed by atoms with E-state index in [0.717, 1.165) is 0 Å². The van der Waals surface area contributed by atoms with Gasteiger partial charge in [-0.25, -0.2) is 0 Å². The summed E-state index contributed by atoms with van der Waals surface area (Å²) in [5.74, 6) is 0.274. The van der Waals surface area contributed by atoms with E-state index in [-0.39, 0.29) is 24.8 Å². The number of rotatable bonds is 4. The van der Waals surface area contributed by atoms with E-state index in [9.17, 15) is 9.59 Å². The minimum atomic E-state index is -0.549. The second-order valence-electron chi connectivity index (χ2n) is 4.60. The highest BCUT2D eigenvalue weighted by molar-refractivity contribution is 6.03. The lowest BCUT2D eigenvalue weighted by Crippen LogP contribution is -2.47. The number of carbonyl (C=O) groups excluding carboxylic acids is 2. The number of ether oxygens (including phenoxy) is 1. The molecule has 1 aromatic carbocycles. The van der Waals surface area contributed by atoms with Crippen LogP contribution >= 0.6 is 0 Å². The number of ketones is 1. The SMILES string of the molecule is CCC1Oc2ccc(CO)cc2N(CC(C)=O)C1=O. The van der Waals surface area contributed by atoms with E-state index in [2.05, 4.69) is 0 Å². The summed E-state index contributed by atoms with van der Waals surface area (Å²) in [7, 11) is 0. The number of aliphatic hydroxyl groups excluding tert-OH is 1. The second kappa shape index (κ2) is 5.40. The third-order valence-electron chi connectivity index (χ3n) is 3.06. The summed E-state index contributed by atoms with van der Waals surface area (Å²) in [6.07, 6.45) is 0.000795. The second-order valence-corrected chi connectivity index (χ2v) is 4.60. The van der Waals surface area contributed by atoms with E-state index in [4.69, 9.17) is 9.84 Å². The van der Waals surface area contributed by atoms with Crippen LogP contribution in [0.25, 0.3) is 0 Å². The molecule has 0 spiro atoms. The van der Waals surface area contributed by atoms with Crippen LogP contribution in [0.5, 0.6) is 5.75 Å². The zero-order valence-corrected chi connectivity index (χ0v) is 11.0. The standard InChI is InChI=1S/C14H17NO4/c1-3-12-14(18)15(7-9(2)17)11-6-10(8-16)4-5-13(11)19-12/h4-6,12,16H,3,7-8H2,1-2H3. The molecule has 0 saturated heterocycles. The van der Waals surface area contributed by atoms with Gasteiger partial charge in [0.05, 0.1) is 18.8 Å². The molecule has 5 nitrogen and oxygen atoms in total. The highest BCUT2D eigenvalue weighted by Crippen LogP contribution is 2.35. The molecule has 0 bridgehead atoms. The van der Waals surface area contributed by atoms with E-state index in [1.165, 1.54) is 11.8 Å². The molecule has 102 valence electrons. The van der Waals surface area contributed by atoms with Crippen molar-refractivity contribution in [2.45, 2.75) is 33.0 Å². The lowest BCUT2D eigenvalue weighted by molar-refractivity contribution is -0.128. The number of carbonyl (C=O) groups is 2. The molecule has 19 heavy (non-hydrogen) atoms. The number of hydrogen-bond acceptors (Lipinski definition) is 4. The molecule has 1 aliphatic heterocycles. The molecule has 1 aliphatic rings. The highest BCUT2D eigenvalue weighted by atomic mass is 16.5. The molecule has 1 aromatic rings. The summed E-state index contributed by atoms with van der Waals surface area (Å²) >= 11 is 0. The zero-order chi connectivity index (χ0) is 14.0. The van der Waals surface area contributed by atoms with Crippen LogP contribution in [0.2, 0.25) is 0 Å². The fourth-order valence-electron chi connectivity index (χ4n) is 2.11. The third kappa shape index (κ3) is 2.61. The molecule has 5 heteroatoms. The van der Waals surface area contributed by atoms with Gasteiger partial charge in [0.15, 0.2) is 6.10 Å². The Labute approximate surface area is 111 Å². The minimum absolute atomic E-state index is 0.0283. The van der Waals surface area contributed by atoms with Gasteiger partial charge < -0.3 is 9.84 Å². The number of aliphatic hydroxyl groups is 1. The molecular formula is C14H17NO4. The number of Topliss-reactive ketones (excluding diaryl/α,β-unsaturated/α-hetero) is 1. The van der Waals surface area contributed by atoms with Crippen molar-refractivity contribution in [3.63, 3.8) is 0 Å². The Morgan fingerprint density at radius 3 is 2.79 bits per heavy atom. The van der Waals surface area contributed by atoms with Crippen LogP contribution in [0.4, 0.5) is 5.69 Å². The Morgan fingerprint density at radius 2 is 2.21 bits per heavy atom. The van der Waals surface area contributed by atoms with E-state index < -0.39 is 6.10 Å². The predicted molar refractivity (Wildman–Crippen MR) is 70.1 cm³/mol. The Morgan fingerprint density at radius 1 is 1.47 bits per heavy atom. The average molecular weight is 263 g/mol. The molecule has 1 atom stereocenters. The van der Waals surface area contributed by atoms with Crippen molar-refractivity contribution in [2.24, 2.45) is 0 Å². The largest absolute Gasteiger partial charge is 0.478 e. The van der Waals surface area contributed by atoms with Crippen LogP contribution in [0, 0.1) is 0 Å². The van der Waals surface area contributed by atoms with Crippen molar-refractivity contribution >= 4 is 17.4 Å². The maximum Gasteiger partial charge on any atom is 0.268 e. The van der Waals surface area contributed by atoms with Gasteiger partial charge in [-0.2, -0.15) is 0 Å². The van der Waals surface area contributed by atoms with E-state index in [1.807, 2.05) is 6.92 Å². The Kier molecular flexibility index (Phi) is 3.85. The Balaban J connectivity index is 2.45. The summed E-state index contributed by atoms with van der Waals surface area (Å²) in [5.41, 5.74) is 1.23. The van der Waals surface area contributed by atoms with Gasteiger partial charge in [-0.1, -0.05) is 13.0 Å². The maximum atomic E-state index is 12.2. The molecule has 1 unspecified atom stereocenters. The van der Waals surface area contributed by atoms with Crippen LogP contribution in [0.3, 0.4) is 0 Å². The van der Waals surface area contributed by atoms with Crippen molar-refractivity contribution in [1.82, 2.24) is 0 Å². The molecule has 0 aliphatic carbocycles. The van der Waals surface area contributed by atoms with Crippen LogP contribution in [0.15, 0.2) is 18.2 Å². The van der Waals surface area contributed by atoms with E-state index in [0.29, 0.717) is 23.4 Å². The first-order valence-corrected chi connectivity index (χ1v) is 6.28. The lowest BCUT2D eigenvalue weighted by Gasteiger charge is -2.33. The van der Waals surface area contributed by atoms with E-state index >= 15 is 0 Å². The zero-order valence-electron chi connectivity index (χ0n) is 11.0. The fourth-order valence-corrected chi connectivity index (χ4v) is 2.11. The van der Waals surface area contributed by atoms with Crippen molar-refractivity contribution in [2.75, 3.05) is 11.4 Å². The van der Waals surface area contributed by atoms with Gasteiger partial charge in [0.25, 0.3) is 5.91 Å². The highest BCUT2D eigenvalue weighted by Gasteiger charge is 2.33. The Hall–Kier alpha value is -1.88. The maximum absolute atomic E-state index is 12.2. The number of hydrogen-bond donors (Lipinski definition) is 1. The summed E-state index contributed by atoms with van der Waals surface area (Å²) in [6, 6.07) is 5.15. The number of fused-ring (bicyclic) bond motifs is 1. The minimum Gasteiger partial charge on any atom is -0.478 e. The summed E-state index contributed by atoms with van der Waals surface area (Å²) in [5, 5.41) is 9.16. The fraction of sp³-hybridized carbons (Fsp3) is 0.429. The van der Waals surface area contributed by atoms with Crippen LogP contribution in [0.1, 0.15) is 25.8 Å². The number of anilines is 1. The monoisotopic (exact) mass is 263 g/mol.